The normalized spacial score (nSPS) is 13.4. The fourth-order valence-electron chi connectivity index (χ4n) is 4.37. The summed E-state index contributed by atoms with van der Waals surface area (Å²) in [6, 6.07) is 19.3. The predicted molar refractivity (Wildman–Crippen MR) is 138 cm³/mol. The molecular formula is C28H31BN2O4. The van der Waals surface area contributed by atoms with Crippen LogP contribution in [0.2, 0.25) is 6.82 Å². The summed E-state index contributed by atoms with van der Waals surface area (Å²) < 4.78 is 11.2. The molecule has 1 aliphatic rings. The Morgan fingerprint density at radius 2 is 1.63 bits per heavy atom. The average Bonchev–Trinajstić information content (AvgIpc) is 3.15. The van der Waals surface area contributed by atoms with Gasteiger partial charge in [0, 0.05) is 18.5 Å². The number of hydrogen-bond acceptors (Lipinski definition) is 5. The highest BCUT2D eigenvalue weighted by molar-refractivity contribution is 6.50. The quantitative estimate of drug-likeness (QED) is 0.418. The molecule has 1 aromatic heterocycles. The van der Waals surface area contributed by atoms with Gasteiger partial charge in [-0.3, -0.25) is 4.98 Å². The van der Waals surface area contributed by atoms with E-state index in [0.717, 1.165) is 40.7 Å². The topological polar surface area (TPSA) is 77.5 Å². The third-order valence-electron chi connectivity index (χ3n) is 6.02. The molecule has 3 aromatic rings. The van der Waals surface area contributed by atoms with E-state index in [9.17, 15) is 9.59 Å². The summed E-state index contributed by atoms with van der Waals surface area (Å²) in [6.07, 6.45) is 1.34. The first-order chi connectivity index (χ1) is 16.7. The van der Waals surface area contributed by atoms with Gasteiger partial charge in [0.05, 0.1) is 0 Å². The van der Waals surface area contributed by atoms with Crippen LogP contribution in [0.15, 0.2) is 66.9 Å². The van der Waals surface area contributed by atoms with Crippen LogP contribution in [-0.2, 0) is 20.7 Å². The molecule has 1 N–H and O–H groups in total. The summed E-state index contributed by atoms with van der Waals surface area (Å²) in [7, 11) is 0.827. The van der Waals surface area contributed by atoms with Gasteiger partial charge < -0.3 is 14.8 Å². The van der Waals surface area contributed by atoms with Crippen molar-refractivity contribution in [2.45, 2.75) is 51.6 Å². The molecule has 0 saturated carbocycles. The molecule has 6 nitrogen and oxygen atoms in total. The largest absolute Gasteiger partial charge is 0.458 e. The Hall–Kier alpha value is -3.61. The number of hydrogen-bond donors (Lipinski definition) is 1. The van der Waals surface area contributed by atoms with E-state index in [1.807, 2.05) is 43.2 Å². The summed E-state index contributed by atoms with van der Waals surface area (Å²) in [5, 5.41) is 2.72. The van der Waals surface area contributed by atoms with E-state index >= 15 is 0 Å². The number of rotatable bonds is 7. The van der Waals surface area contributed by atoms with Crippen molar-refractivity contribution in [1.82, 2.24) is 10.3 Å². The lowest BCUT2D eigenvalue weighted by atomic mass is 9.77. The second kappa shape index (κ2) is 10.3. The van der Waals surface area contributed by atoms with E-state index in [4.69, 9.17) is 9.47 Å². The lowest BCUT2D eigenvalue weighted by molar-refractivity contribution is -0.157. The minimum absolute atomic E-state index is 0.0566. The fraction of sp³-hybridized carbons (Fsp3) is 0.321. The minimum Gasteiger partial charge on any atom is -0.458 e. The zero-order chi connectivity index (χ0) is 25.0. The molecule has 35 heavy (non-hydrogen) atoms. The monoisotopic (exact) mass is 470 g/mol. The molecule has 1 atom stereocenters. The molecule has 0 fully saturated rings. The van der Waals surface area contributed by atoms with Crippen LogP contribution >= 0.6 is 0 Å². The molecule has 0 unspecified atom stereocenters. The molecular weight excluding hydrogens is 439 g/mol. The maximum absolute atomic E-state index is 12.9. The van der Waals surface area contributed by atoms with Crippen molar-refractivity contribution < 1.29 is 19.1 Å². The molecule has 0 saturated heterocycles. The molecule has 0 bridgehead atoms. The van der Waals surface area contributed by atoms with Crippen molar-refractivity contribution in [3.8, 4) is 11.1 Å². The molecule has 1 aliphatic carbocycles. The van der Waals surface area contributed by atoms with E-state index in [0.29, 0.717) is 0 Å². The number of nitrogens with one attached hydrogen (secondary N) is 1. The van der Waals surface area contributed by atoms with Gasteiger partial charge in [-0.15, -0.1) is 0 Å². The van der Waals surface area contributed by atoms with Crippen LogP contribution in [0.4, 0.5) is 4.79 Å². The van der Waals surface area contributed by atoms with E-state index in [1.165, 1.54) is 0 Å². The molecule has 1 amide bonds. The number of benzene rings is 2. The first-order valence-electron chi connectivity index (χ1n) is 12.0. The number of nitrogens with zero attached hydrogens (tertiary/aromatic N) is 1. The Kier molecular flexibility index (Phi) is 7.24. The number of fused-ring (bicyclic) bond motifs is 3. The Bertz CT molecular complexity index is 1160. The number of carbonyl (C=O) groups is 2. The first kappa shape index (κ1) is 24.5. The predicted octanol–water partition coefficient (Wildman–Crippen LogP) is 3.98. The Morgan fingerprint density at radius 1 is 1.00 bits per heavy atom. The molecule has 180 valence electrons. The van der Waals surface area contributed by atoms with Gasteiger partial charge in [-0.05, 0) is 54.2 Å². The fourth-order valence-corrected chi connectivity index (χ4v) is 4.37. The Labute approximate surface area is 207 Å². The summed E-state index contributed by atoms with van der Waals surface area (Å²) in [5.41, 5.74) is 5.70. The Balaban J connectivity index is 1.46. The van der Waals surface area contributed by atoms with Crippen LogP contribution in [0.5, 0.6) is 0 Å². The van der Waals surface area contributed by atoms with Crippen molar-refractivity contribution in [1.29, 1.82) is 0 Å². The third-order valence-corrected chi connectivity index (χ3v) is 6.02. The highest BCUT2D eigenvalue weighted by Crippen LogP contribution is 2.44. The van der Waals surface area contributed by atoms with Crippen molar-refractivity contribution in [3.63, 3.8) is 0 Å². The number of esters is 1. The van der Waals surface area contributed by atoms with Crippen molar-refractivity contribution in [3.05, 3.63) is 83.6 Å². The van der Waals surface area contributed by atoms with Gasteiger partial charge in [0.15, 0.2) is 7.28 Å². The van der Waals surface area contributed by atoms with Gasteiger partial charge in [0.2, 0.25) is 0 Å². The van der Waals surface area contributed by atoms with Crippen molar-refractivity contribution >= 4 is 24.9 Å². The highest BCUT2D eigenvalue weighted by atomic mass is 16.6. The van der Waals surface area contributed by atoms with Crippen LogP contribution < -0.4 is 10.9 Å². The van der Waals surface area contributed by atoms with E-state index in [-0.39, 0.29) is 18.9 Å². The number of alkyl carbamates (subject to hydrolysis) is 1. The molecule has 0 radical (unpaired) electrons. The molecule has 1 heterocycles. The van der Waals surface area contributed by atoms with Crippen LogP contribution in [-0.4, -0.2) is 42.6 Å². The second-order valence-electron chi connectivity index (χ2n) is 9.77. The SMILES string of the molecule is CBc1ccc(C[C@H](NC(=O)OCC2c3ccccc3-c3ccccc32)C(=O)OC(C)(C)C)cn1. The van der Waals surface area contributed by atoms with Crippen LogP contribution in [0.3, 0.4) is 0 Å². The van der Waals surface area contributed by atoms with Gasteiger partial charge in [0.1, 0.15) is 18.2 Å². The highest BCUT2D eigenvalue weighted by Gasteiger charge is 2.31. The number of carbonyl (C=O) groups excluding carboxylic acids is 2. The third kappa shape index (κ3) is 5.91. The van der Waals surface area contributed by atoms with Gasteiger partial charge in [-0.1, -0.05) is 67.5 Å². The maximum Gasteiger partial charge on any atom is 0.407 e. The lowest BCUT2D eigenvalue weighted by Gasteiger charge is -2.25. The van der Waals surface area contributed by atoms with Gasteiger partial charge in [-0.2, -0.15) is 0 Å². The number of amides is 1. The van der Waals surface area contributed by atoms with E-state index < -0.39 is 23.7 Å². The van der Waals surface area contributed by atoms with Crippen LogP contribution in [0.1, 0.15) is 43.4 Å². The molecule has 7 heteroatoms. The van der Waals surface area contributed by atoms with Gasteiger partial charge in [-0.25, -0.2) is 9.59 Å². The van der Waals surface area contributed by atoms with E-state index in [1.54, 1.807) is 27.0 Å². The number of aromatic nitrogens is 1. The summed E-state index contributed by atoms with van der Waals surface area (Å²) in [6.45, 7) is 7.60. The smallest absolute Gasteiger partial charge is 0.407 e. The Morgan fingerprint density at radius 3 is 2.17 bits per heavy atom. The lowest BCUT2D eigenvalue weighted by Crippen LogP contribution is -2.46. The minimum atomic E-state index is -0.890. The van der Waals surface area contributed by atoms with Crippen LogP contribution in [0, 0.1) is 0 Å². The average molecular weight is 470 g/mol. The van der Waals surface area contributed by atoms with Crippen molar-refractivity contribution in [2.75, 3.05) is 6.61 Å². The molecule has 0 aliphatic heterocycles. The summed E-state index contributed by atoms with van der Waals surface area (Å²) >= 11 is 0. The summed E-state index contributed by atoms with van der Waals surface area (Å²) in [5.74, 6) is -0.565. The van der Waals surface area contributed by atoms with E-state index in [2.05, 4.69) is 34.6 Å². The number of pyridine rings is 1. The zero-order valence-electron chi connectivity index (χ0n) is 20.7. The van der Waals surface area contributed by atoms with Crippen LogP contribution in [0.25, 0.3) is 11.1 Å². The maximum atomic E-state index is 12.9. The van der Waals surface area contributed by atoms with Crippen molar-refractivity contribution in [2.24, 2.45) is 0 Å². The molecule has 0 spiro atoms. The van der Waals surface area contributed by atoms with Gasteiger partial charge in [0.25, 0.3) is 0 Å². The second-order valence-corrected chi connectivity index (χ2v) is 9.77. The number of ether oxygens (including phenoxy) is 2. The molecule has 2 aromatic carbocycles. The zero-order valence-corrected chi connectivity index (χ0v) is 20.7. The van der Waals surface area contributed by atoms with Gasteiger partial charge >= 0.3 is 12.1 Å². The standard InChI is InChI=1S/C28H31BN2O4/c1-28(2,3)35-26(32)24(15-18-13-14-25(29-4)30-16-18)31-27(33)34-17-23-21-11-7-5-9-19(21)20-10-6-8-12-22(20)23/h5-14,16,23-24,29H,15,17H2,1-4H3,(H,31,33)/t24-/m0/s1. The first-order valence-corrected chi connectivity index (χ1v) is 12.0. The summed E-state index contributed by atoms with van der Waals surface area (Å²) in [4.78, 5) is 30.1. The molecule has 4 rings (SSSR count).